The molecule has 1 unspecified atom stereocenters. The first-order valence-electron chi connectivity index (χ1n) is 14.8. The van der Waals surface area contributed by atoms with Gasteiger partial charge in [-0.15, -0.1) is 6.58 Å². The highest BCUT2D eigenvalue weighted by Crippen LogP contribution is 2.54. The molecule has 0 spiro atoms. The first-order valence-corrected chi connectivity index (χ1v) is 16.4. The molecule has 42 heavy (non-hydrogen) atoms. The van der Waals surface area contributed by atoms with Crippen LogP contribution in [0.5, 0.6) is 0 Å². The van der Waals surface area contributed by atoms with Gasteiger partial charge in [0.15, 0.2) is 0 Å². The van der Waals surface area contributed by atoms with Crippen molar-refractivity contribution < 1.29 is 26.1 Å². The van der Waals surface area contributed by atoms with Gasteiger partial charge in [0.25, 0.3) is 10.1 Å². The zero-order valence-corrected chi connectivity index (χ0v) is 27.0. The van der Waals surface area contributed by atoms with Crippen LogP contribution < -0.4 is 0 Å². The molecule has 2 aromatic rings. The van der Waals surface area contributed by atoms with Crippen molar-refractivity contribution in [3.63, 3.8) is 0 Å². The Labute approximate surface area is 251 Å². The maximum atomic E-state index is 14.5. The molecule has 3 nitrogen and oxygen atoms in total. The summed E-state index contributed by atoms with van der Waals surface area (Å²) >= 11 is 0. The van der Waals surface area contributed by atoms with Crippen LogP contribution in [0.4, 0.5) is 13.2 Å². The molecule has 0 radical (unpaired) electrons. The molecule has 0 amide bonds. The van der Waals surface area contributed by atoms with E-state index in [9.17, 15) is 21.6 Å². The van der Waals surface area contributed by atoms with E-state index in [0.717, 1.165) is 48.4 Å². The fraction of sp³-hybridized carbons (Fsp3) is 0.543. The molecule has 2 aliphatic carbocycles. The third-order valence-electron chi connectivity index (χ3n) is 8.47. The van der Waals surface area contributed by atoms with Gasteiger partial charge in [-0.25, -0.2) is 0 Å². The molecule has 1 atom stereocenters. The lowest BCUT2D eigenvalue weighted by atomic mass is 9.70. The average molecular weight is 605 g/mol. The SMILES string of the molecule is C=CCS(=O)(=O)O.CC1(CC2=Cc3c(-c4cc(C(C)(C)C)cc(C(C)(C)C)c4)cccc3C2C(F)(F)F)CCCCC1. The van der Waals surface area contributed by atoms with Gasteiger partial charge in [-0.05, 0) is 68.9 Å². The lowest BCUT2D eigenvalue weighted by molar-refractivity contribution is -0.142. The van der Waals surface area contributed by atoms with Crippen LogP contribution in [0, 0.1) is 5.41 Å². The average Bonchev–Trinajstić information content (AvgIpc) is 3.20. The van der Waals surface area contributed by atoms with E-state index < -0.39 is 22.2 Å². The third kappa shape index (κ3) is 8.59. The van der Waals surface area contributed by atoms with Crippen molar-refractivity contribution >= 4 is 16.2 Å². The maximum Gasteiger partial charge on any atom is 0.399 e. The summed E-state index contributed by atoms with van der Waals surface area (Å²) < 4.78 is 70.9. The molecule has 0 aliphatic heterocycles. The molecule has 232 valence electrons. The largest absolute Gasteiger partial charge is 0.399 e. The zero-order valence-electron chi connectivity index (χ0n) is 26.2. The predicted molar refractivity (Wildman–Crippen MR) is 168 cm³/mol. The van der Waals surface area contributed by atoms with Crippen LogP contribution in [0.25, 0.3) is 17.2 Å². The molecule has 7 heteroatoms. The Morgan fingerprint density at radius 2 is 1.50 bits per heavy atom. The zero-order chi connectivity index (χ0) is 31.7. The van der Waals surface area contributed by atoms with Gasteiger partial charge in [-0.3, -0.25) is 4.55 Å². The van der Waals surface area contributed by atoms with E-state index in [1.807, 2.05) is 18.2 Å². The first-order chi connectivity index (χ1) is 19.1. The van der Waals surface area contributed by atoms with E-state index in [1.165, 1.54) is 17.5 Å². The molecule has 0 aromatic heterocycles. The van der Waals surface area contributed by atoms with Crippen molar-refractivity contribution in [3.05, 3.63) is 76.9 Å². The molecule has 1 saturated carbocycles. The van der Waals surface area contributed by atoms with Gasteiger partial charge in [0, 0.05) is 0 Å². The Morgan fingerprint density at radius 3 is 1.93 bits per heavy atom. The van der Waals surface area contributed by atoms with Crippen LogP contribution in [-0.2, 0) is 20.9 Å². The quantitative estimate of drug-likeness (QED) is 0.273. The van der Waals surface area contributed by atoms with Crippen LogP contribution in [0.2, 0.25) is 0 Å². The van der Waals surface area contributed by atoms with Crippen molar-refractivity contribution in [3.8, 4) is 11.1 Å². The lowest BCUT2D eigenvalue weighted by Crippen LogP contribution is -2.26. The first kappa shape index (κ1) is 34.1. The summed E-state index contributed by atoms with van der Waals surface area (Å²) in [5.74, 6) is -1.86. The van der Waals surface area contributed by atoms with Crippen molar-refractivity contribution in [2.45, 2.75) is 110 Å². The molecule has 0 heterocycles. The molecule has 4 rings (SSSR count). The minimum Gasteiger partial charge on any atom is -0.285 e. The normalized spacial score (nSPS) is 18.9. The topological polar surface area (TPSA) is 54.4 Å². The number of hydrogen-bond acceptors (Lipinski definition) is 2. The minimum absolute atomic E-state index is 0.0403. The van der Waals surface area contributed by atoms with Gasteiger partial charge in [-0.1, -0.05) is 122 Å². The highest BCUT2D eigenvalue weighted by Gasteiger charge is 2.48. The highest BCUT2D eigenvalue weighted by molar-refractivity contribution is 7.85. The second-order valence-electron chi connectivity index (χ2n) is 14.4. The van der Waals surface area contributed by atoms with Gasteiger partial charge in [0.2, 0.25) is 0 Å². The van der Waals surface area contributed by atoms with Crippen LogP contribution in [-0.4, -0.2) is 24.9 Å². The van der Waals surface area contributed by atoms with Gasteiger partial charge in [-0.2, -0.15) is 21.6 Å². The molecular formula is C35H47F3O3S. The molecule has 2 aliphatic rings. The summed E-state index contributed by atoms with van der Waals surface area (Å²) in [5, 5.41) is 0. The van der Waals surface area contributed by atoms with E-state index in [-0.39, 0.29) is 22.0 Å². The van der Waals surface area contributed by atoms with Crippen molar-refractivity contribution in [1.82, 2.24) is 0 Å². The van der Waals surface area contributed by atoms with Crippen LogP contribution in [0.3, 0.4) is 0 Å². The van der Waals surface area contributed by atoms with Gasteiger partial charge >= 0.3 is 6.18 Å². The summed E-state index contributed by atoms with van der Waals surface area (Å²) in [7, 11) is -3.79. The summed E-state index contributed by atoms with van der Waals surface area (Å²) in [5.41, 5.74) is 5.92. The Kier molecular flexibility index (Phi) is 10.0. The van der Waals surface area contributed by atoms with Crippen LogP contribution >= 0.6 is 0 Å². The second kappa shape index (κ2) is 12.3. The Morgan fingerprint density at radius 1 is 0.952 bits per heavy atom. The minimum atomic E-state index is -4.29. The third-order valence-corrected chi connectivity index (χ3v) is 9.13. The number of benzene rings is 2. The smallest absolute Gasteiger partial charge is 0.285 e. The van der Waals surface area contributed by atoms with Crippen molar-refractivity contribution in [2.75, 3.05) is 5.75 Å². The number of rotatable bonds is 5. The Hall–Kier alpha value is -2.38. The maximum absolute atomic E-state index is 14.5. The van der Waals surface area contributed by atoms with Crippen molar-refractivity contribution in [1.29, 1.82) is 0 Å². The number of allylic oxidation sites excluding steroid dienone is 1. The number of hydrogen-bond donors (Lipinski definition) is 1. The van der Waals surface area contributed by atoms with Crippen molar-refractivity contribution in [2.24, 2.45) is 5.41 Å². The van der Waals surface area contributed by atoms with E-state index in [0.29, 0.717) is 17.6 Å². The van der Waals surface area contributed by atoms with Gasteiger partial charge < -0.3 is 0 Å². The lowest BCUT2D eigenvalue weighted by Gasteiger charge is -2.35. The predicted octanol–water partition coefficient (Wildman–Crippen LogP) is 10.4. The van der Waals surface area contributed by atoms with E-state index >= 15 is 0 Å². The monoisotopic (exact) mass is 604 g/mol. The molecule has 1 fully saturated rings. The summed E-state index contributed by atoms with van der Waals surface area (Å²) in [4.78, 5) is 0. The fourth-order valence-electron chi connectivity index (χ4n) is 6.13. The van der Waals surface area contributed by atoms with E-state index in [1.54, 1.807) is 6.07 Å². The van der Waals surface area contributed by atoms with Gasteiger partial charge in [0.05, 0.1) is 5.75 Å². The highest BCUT2D eigenvalue weighted by atomic mass is 32.2. The van der Waals surface area contributed by atoms with E-state index in [4.69, 9.17) is 4.55 Å². The van der Waals surface area contributed by atoms with Crippen LogP contribution in [0.1, 0.15) is 115 Å². The number of alkyl halides is 3. The Bertz CT molecular complexity index is 1380. The van der Waals surface area contributed by atoms with Crippen LogP contribution in [0.15, 0.2) is 54.6 Å². The number of fused-ring (bicyclic) bond motifs is 1. The molecule has 2 aromatic carbocycles. The standard InChI is InChI=1S/C32H41F3.C3H6O3S/c1-29(2,3)23-16-21(17-24(19-23)30(4,5)6)25-12-11-13-26-27(25)18-22(28(26)32(33,34)35)20-31(7)14-9-8-10-15-31;1-2-3-7(4,5)6/h11-13,16-19,28H,8-10,14-15,20H2,1-7H3;2H,1,3H2,(H,4,5,6). The molecule has 0 bridgehead atoms. The molecule has 1 N–H and O–H groups in total. The summed E-state index contributed by atoms with van der Waals surface area (Å²) in [6.45, 7) is 18.4. The molecular weight excluding hydrogens is 557 g/mol. The Balaban J connectivity index is 0.000000616. The van der Waals surface area contributed by atoms with Gasteiger partial charge in [0.1, 0.15) is 5.92 Å². The fourth-order valence-corrected chi connectivity index (χ4v) is 6.43. The summed E-state index contributed by atoms with van der Waals surface area (Å²) in [6.07, 6.45) is 4.72. The number of halogens is 3. The molecule has 0 saturated heterocycles. The second-order valence-corrected chi connectivity index (χ2v) is 15.9. The van der Waals surface area contributed by atoms with E-state index in [2.05, 4.69) is 73.2 Å². The summed E-state index contributed by atoms with van der Waals surface area (Å²) in [6, 6.07) is 12.1.